The molecule has 16 heteroatoms. The Kier molecular flexibility index (Phi) is 8.39. The van der Waals surface area contributed by atoms with Crippen LogP contribution in [0.15, 0.2) is 51.2 Å². The van der Waals surface area contributed by atoms with Crippen molar-refractivity contribution >= 4 is 53.3 Å². The van der Waals surface area contributed by atoms with Crippen LogP contribution < -0.4 is 16.4 Å². The van der Waals surface area contributed by atoms with E-state index in [-0.39, 0.29) is 28.3 Å². The standard InChI is InChI=1S/C24H26N6O8S2/c1-24(2,3)38-22(36)27-13(11-7-5-4-6-8-11)17(32)26-14-19(33)30-15(21(34)35)12(9-39-20(14)30)10-40-23-29-28-18(37-23)16(25)31/h4-8,13-14,20H,9-10H2,1-3H3,(H2,25,31)(H,26,32)(H,27,36)(H,34,35)/t13?,14?,20-/m0/s1. The molecule has 14 nitrogen and oxygen atoms in total. The molecule has 3 atom stereocenters. The SMILES string of the molecule is CC(C)(C)OC(=O)NC(C(=O)NC1C(=O)N2C(C(=O)O)=C(CSc3nnc(C(N)=O)o3)CS[C@@H]12)c1ccccc1. The van der Waals surface area contributed by atoms with Crippen LogP contribution in [0.2, 0.25) is 0 Å². The highest BCUT2D eigenvalue weighted by Crippen LogP contribution is 2.41. The van der Waals surface area contributed by atoms with Crippen LogP contribution in [-0.4, -0.2) is 78.5 Å². The van der Waals surface area contributed by atoms with Gasteiger partial charge >= 0.3 is 23.9 Å². The smallest absolute Gasteiger partial charge is 0.408 e. The van der Waals surface area contributed by atoms with E-state index in [0.717, 1.165) is 16.7 Å². The van der Waals surface area contributed by atoms with E-state index in [4.69, 9.17) is 14.9 Å². The second-order valence-electron chi connectivity index (χ2n) is 9.67. The summed E-state index contributed by atoms with van der Waals surface area (Å²) in [6, 6.07) is 6.28. The number of carbonyl (C=O) groups is 5. The summed E-state index contributed by atoms with van der Waals surface area (Å²) < 4.78 is 10.4. The molecular formula is C24H26N6O8S2. The summed E-state index contributed by atoms with van der Waals surface area (Å²) in [5, 5.41) is 21.6. The van der Waals surface area contributed by atoms with Gasteiger partial charge in [0.05, 0.1) is 0 Å². The number of aromatic nitrogens is 2. The Morgan fingerprint density at radius 2 is 1.95 bits per heavy atom. The fraction of sp³-hybridized carbons (Fsp3) is 0.375. The molecular weight excluding hydrogens is 564 g/mol. The van der Waals surface area contributed by atoms with Crippen LogP contribution in [0.3, 0.4) is 0 Å². The number of β-lactam (4-membered cyclic amide) rings is 1. The number of amides is 4. The number of nitrogens with zero attached hydrogens (tertiary/aromatic N) is 3. The Labute approximate surface area is 236 Å². The number of thioether (sulfide) groups is 2. The third-order valence-electron chi connectivity index (χ3n) is 5.59. The normalized spacial score (nSPS) is 19.3. The van der Waals surface area contributed by atoms with E-state index < -0.39 is 52.8 Å². The molecule has 0 bridgehead atoms. The van der Waals surface area contributed by atoms with Gasteiger partial charge < -0.3 is 30.6 Å². The van der Waals surface area contributed by atoms with Crippen LogP contribution in [0, 0.1) is 0 Å². The zero-order valence-corrected chi connectivity index (χ0v) is 23.2. The zero-order valence-electron chi connectivity index (χ0n) is 21.6. The summed E-state index contributed by atoms with van der Waals surface area (Å²) in [4.78, 5) is 63.3. The van der Waals surface area contributed by atoms with Crippen molar-refractivity contribution in [3.05, 3.63) is 53.1 Å². The molecule has 1 aromatic heterocycles. The average Bonchev–Trinajstić information content (AvgIpc) is 3.37. The van der Waals surface area contributed by atoms with Gasteiger partial charge in [-0.05, 0) is 31.9 Å². The summed E-state index contributed by atoms with van der Waals surface area (Å²) in [6.45, 7) is 5.06. The second-order valence-corrected chi connectivity index (χ2v) is 11.7. The van der Waals surface area contributed by atoms with Gasteiger partial charge in [0.1, 0.15) is 28.8 Å². The number of carbonyl (C=O) groups excluding carboxylic acids is 4. The quantitative estimate of drug-likeness (QED) is 0.240. The Hall–Kier alpha value is -4.05. The van der Waals surface area contributed by atoms with Crippen molar-refractivity contribution < 1.29 is 38.2 Å². The molecule has 40 heavy (non-hydrogen) atoms. The minimum absolute atomic E-state index is 0.0164. The molecule has 0 saturated carbocycles. The van der Waals surface area contributed by atoms with Gasteiger partial charge in [-0.2, -0.15) is 0 Å². The van der Waals surface area contributed by atoms with Crippen molar-refractivity contribution in [2.75, 3.05) is 11.5 Å². The van der Waals surface area contributed by atoms with E-state index in [1.807, 2.05) is 0 Å². The molecule has 0 aliphatic carbocycles. The minimum atomic E-state index is -1.31. The number of primary amides is 1. The summed E-state index contributed by atoms with van der Waals surface area (Å²) >= 11 is 2.27. The van der Waals surface area contributed by atoms with Crippen molar-refractivity contribution in [3.63, 3.8) is 0 Å². The lowest BCUT2D eigenvalue weighted by atomic mass is 10.0. The first-order valence-electron chi connectivity index (χ1n) is 11.9. The summed E-state index contributed by atoms with van der Waals surface area (Å²) in [5.74, 6) is -3.50. The van der Waals surface area contributed by atoms with E-state index in [1.165, 1.54) is 11.8 Å². The number of carboxylic acids is 1. The molecule has 4 amide bonds. The van der Waals surface area contributed by atoms with E-state index in [1.54, 1.807) is 51.1 Å². The van der Waals surface area contributed by atoms with Crippen LogP contribution in [0.5, 0.6) is 0 Å². The number of hydrogen-bond donors (Lipinski definition) is 4. The third kappa shape index (κ3) is 6.39. The van der Waals surface area contributed by atoms with Crippen LogP contribution in [0.4, 0.5) is 4.79 Å². The third-order valence-corrected chi connectivity index (χ3v) is 7.84. The van der Waals surface area contributed by atoms with Gasteiger partial charge in [0, 0.05) is 11.5 Å². The lowest BCUT2D eigenvalue weighted by Gasteiger charge is -2.49. The van der Waals surface area contributed by atoms with Crippen molar-refractivity contribution in [1.82, 2.24) is 25.7 Å². The van der Waals surface area contributed by atoms with Crippen LogP contribution in [0.25, 0.3) is 0 Å². The maximum absolute atomic E-state index is 13.3. The zero-order chi connectivity index (χ0) is 29.2. The minimum Gasteiger partial charge on any atom is -0.477 e. The van der Waals surface area contributed by atoms with Gasteiger partial charge in [0.15, 0.2) is 0 Å². The Morgan fingerprint density at radius 3 is 2.55 bits per heavy atom. The molecule has 0 spiro atoms. The Balaban J connectivity index is 1.47. The van der Waals surface area contributed by atoms with Crippen molar-refractivity contribution in [1.29, 1.82) is 0 Å². The number of nitrogens with two attached hydrogens (primary N) is 1. The summed E-state index contributed by atoms with van der Waals surface area (Å²) in [5.41, 5.74) is 4.99. The highest BCUT2D eigenvalue weighted by atomic mass is 32.2. The van der Waals surface area contributed by atoms with Crippen molar-refractivity contribution in [2.45, 2.75) is 49.1 Å². The van der Waals surface area contributed by atoms with Crippen molar-refractivity contribution in [2.24, 2.45) is 5.73 Å². The van der Waals surface area contributed by atoms with Gasteiger partial charge in [0.25, 0.3) is 11.1 Å². The molecule has 2 aromatic rings. The number of hydrogen-bond acceptors (Lipinski definition) is 11. The maximum atomic E-state index is 13.3. The largest absolute Gasteiger partial charge is 0.477 e. The monoisotopic (exact) mass is 590 g/mol. The van der Waals surface area contributed by atoms with Crippen LogP contribution in [0.1, 0.15) is 43.1 Å². The number of aliphatic carboxylic acids is 1. The Morgan fingerprint density at radius 1 is 1.25 bits per heavy atom. The molecule has 1 fully saturated rings. The molecule has 1 aromatic carbocycles. The number of fused-ring (bicyclic) bond motifs is 1. The van der Waals surface area contributed by atoms with E-state index in [0.29, 0.717) is 11.1 Å². The first-order valence-corrected chi connectivity index (χ1v) is 13.9. The molecule has 2 aliphatic rings. The van der Waals surface area contributed by atoms with Crippen molar-refractivity contribution in [3.8, 4) is 0 Å². The highest BCUT2D eigenvalue weighted by Gasteiger charge is 2.54. The molecule has 4 rings (SSSR count). The molecule has 1 saturated heterocycles. The number of benzene rings is 1. The van der Waals surface area contributed by atoms with Gasteiger partial charge in [-0.15, -0.1) is 22.0 Å². The Bertz CT molecular complexity index is 1370. The highest BCUT2D eigenvalue weighted by molar-refractivity contribution is 8.01. The number of carboxylic acid groups (broad SMARTS) is 1. The number of nitrogens with one attached hydrogen (secondary N) is 2. The number of rotatable bonds is 9. The first kappa shape index (κ1) is 28.9. The van der Waals surface area contributed by atoms with E-state index >= 15 is 0 Å². The fourth-order valence-electron chi connectivity index (χ4n) is 3.92. The fourth-order valence-corrected chi connectivity index (χ4v) is 6.17. The molecule has 3 heterocycles. The summed E-state index contributed by atoms with van der Waals surface area (Å²) in [7, 11) is 0. The first-order chi connectivity index (χ1) is 18.9. The van der Waals surface area contributed by atoms with E-state index in [2.05, 4.69) is 20.8 Å². The summed E-state index contributed by atoms with van der Waals surface area (Å²) in [6.07, 6.45) is -0.812. The molecule has 212 valence electrons. The lowest BCUT2D eigenvalue weighted by Crippen LogP contribution is -2.71. The molecule has 5 N–H and O–H groups in total. The van der Waals surface area contributed by atoms with Gasteiger partial charge in [-0.1, -0.05) is 42.1 Å². The lowest BCUT2D eigenvalue weighted by molar-refractivity contribution is -0.151. The molecule has 2 aliphatic heterocycles. The van der Waals surface area contributed by atoms with Gasteiger partial charge in [-0.3, -0.25) is 19.3 Å². The van der Waals surface area contributed by atoms with Crippen LogP contribution >= 0.6 is 23.5 Å². The van der Waals surface area contributed by atoms with Gasteiger partial charge in [0.2, 0.25) is 5.91 Å². The van der Waals surface area contributed by atoms with Gasteiger partial charge in [-0.25, -0.2) is 9.59 Å². The predicted molar refractivity (Wildman–Crippen MR) is 142 cm³/mol. The molecule has 0 radical (unpaired) electrons. The number of ether oxygens (including phenoxy) is 1. The number of alkyl carbamates (subject to hydrolysis) is 1. The predicted octanol–water partition coefficient (Wildman–Crippen LogP) is 1.27. The average molecular weight is 591 g/mol. The van der Waals surface area contributed by atoms with Crippen LogP contribution in [-0.2, 0) is 19.1 Å². The second kappa shape index (κ2) is 11.6. The van der Waals surface area contributed by atoms with E-state index in [9.17, 15) is 29.1 Å². The molecule has 2 unspecified atom stereocenters. The topological polar surface area (TPSA) is 207 Å². The maximum Gasteiger partial charge on any atom is 0.408 e.